The summed E-state index contributed by atoms with van der Waals surface area (Å²) in [5.41, 5.74) is 0.729. The van der Waals surface area contributed by atoms with Gasteiger partial charge < -0.3 is 10.2 Å². The van der Waals surface area contributed by atoms with Crippen LogP contribution in [-0.2, 0) is 4.18 Å². The van der Waals surface area contributed by atoms with E-state index < -0.39 is 6.79 Å². The van der Waals surface area contributed by atoms with Gasteiger partial charge in [-0.25, -0.2) is 4.98 Å². The predicted molar refractivity (Wildman–Crippen MR) is 63.9 cm³/mol. The minimum atomic E-state index is -0.446. The Morgan fingerprint density at radius 2 is 2.38 bits per heavy atom. The highest BCUT2D eigenvalue weighted by Gasteiger charge is 2.10. The molecule has 1 aromatic heterocycles. The lowest BCUT2D eigenvalue weighted by molar-refractivity contribution is 0.121. The predicted octanol–water partition coefficient (Wildman–Crippen LogP) is 1.94. The molecule has 0 bridgehead atoms. The number of rotatable bonds is 3. The van der Waals surface area contributed by atoms with Crippen LogP contribution in [0.1, 0.15) is 5.01 Å². The topological polar surface area (TPSA) is 86.4 Å². The number of aromatic hydroxyl groups is 1. The second-order valence-corrected chi connectivity index (χ2v) is 4.67. The maximum absolute atomic E-state index is 9.28. The van der Waals surface area contributed by atoms with Crippen LogP contribution in [0.25, 0.3) is 10.2 Å². The average Bonchev–Trinajstić information content (AvgIpc) is 2.68. The van der Waals surface area contributed by atoms with Crippen LogP contribution in [0.2, 0.25) is 0 Å². The molecule has 1 aromatic carbocycles. The van der Waals surface area contributed by atoms with E-state index >= 15 is 0 Å². The van der Waals surface area contributed by atoms with Gasteiger partial charge in [0.1, 0.15) is 5.75 Å². The number of hydrogen-bond donors (Lipinski definition) is 3. The third-order valence-corrected chi connectivity index (χ3v) is 3.51. The number of phenolic OH excluding ortho intramolecular Hbond substituents is 1. The van der Waals surface area contributed by atoms with E-state index in [-0.39, 0.29) is 10.8 Å². The summed E-state index contributed by atoms with van der Waals surface area (Å²) in [6.07, 6.45) is 0. The zero-order valence-electron chi connectivity index (χ0n) is 8.01. The molecule has 0 unspecified atom stereocenters. The minimum absolute atomic E-state index is 0.134. The lowest BCUT2D eigenvalue weighted by Crippen LogP contribution is -1.94. The fourth-order valence-electron chi connectivity index (χ4n) is 1.13. The largest absolute Gasteiger partial charge is 0.508 e. The molecule has 0 fully saturated rings. The van der Waals surface area contributed by atoms with Crippen molar-refractivity contribution in [2.75, 3.05) is 6.79 Å². The molecule has 2 rings (SSSR count). The number of aliphatic hydroxyl groups excluding tert-OH is 1. The van der Waals surface area contributed by atoms with Gasteiger partial charge >= 0.3 is 0 Å². The normalized spacial score (nSPS) is 10.8. The third kappa shape index (κ3) is 2.33. The van der Waals surface area contributed by atoms with Crippen LogP contribution >= 0.6 is 23.4 Å². The van der Waals surface area contributed by atoms with Crippen LogP contribution < -0.4 is 0 Å². The van der Waals surface area contributed by atoms with Gasteiger partial charge in [-0.3, -0.25) is 9.59 Å². The van der Waals surface area contributed by atoms with E-state index in [0.29, 0.717) is 5.01 Å². The minimum Gasteiger partial charge on any atom is -0.508 e. The lowest BCUT2D eigenvalue weighted by atomic mass is 10.3. The number of benzene rings is 1. The molecule has 3 N–H and O–H groups in total. The molecular weight excluding hydrogens is 248 g/mol. The summed E-state index contributed by atoms with van der Waals surface area (Å²) in [7, 11) is 0. The molecule has 7 heteroatoms. The number of hydrogen-bond acceptors (Lipinski definition) is 7. The fourth-order valence-corrected chi connectivity index (χ4v) is 2.49. The summed E-state index contributed by atoms with van der Waals surface area (Å²) in [4.78, 5) is 4.21. The van der Waals surface area contributed by atoms with E-state index in [4.69, 9.17) is 10.5 Å². The van der Waals surface area contributed by atoms with Gasteiger partial charge in [0.15, 0.2) is 16.8 Å². The van der Waals surface area contributed by atoms with Crippen molar-refractivity contribution in [3.05, 3.63) is 23.2 Å². The van der Waals surface area contributed by atoms with E-state index in [2.05, 4.69) is 9.17 Å². The Kier molecular flexibility index (Phi) is 3.39. The average molecular weight is 256 g/mol. The highest BCUT2D eigenvalue weighted by molar-refractivity contribution is 8.10. The van der Waals surface area contributed by atoms with Crippen molar-refractivity contribution in [2.24, 2.45) is 0 Å². The summed E-state index contributed by atoms with van der Waals surface area (Å²) in [5, 5.41) is 26.0. The third-order valence-electron chi connectivity index (χ3n) is 1.76. The Bertz CT molecular complexity index is 526. The number of thiazole rings is 1. The first-order valence-electron chi connectivity index (χ1n) is 4.29. The molecule has 5 nitrogen and oxygen atoms in total. The number of fused-ring (bicyclic) bond motifs is 1. The zero-order valence-corrected chi connectivity index (χ0v) is 9.64. The van der Waals surface area contributed by atoms with Crippen molar-refractivity contribution < 1.29 is 14.4 Å². The summed E-state index contributed by atoms with van der Waals surface area (Å²) in [5.74, 6) is 0.175. The van der Waals surface area contributed by atoms with Gasteiger partial charge in [0, 0.05) is 0 Å². The van der Waals surface area contributed by atoms with Crippen molar-refractivity contribution in [1.29, 1.82) is 5.41 Å². The van der Waals surface area contributed by atoms with Crippen molar-refractivity contribution in [3.63, 3.8) is 0 Å². The summed E-state index contributed by atoms with van der Waals surface area (Å²) in [6.45, 7) is -0.446. The quantitative estimate of drug-likeness (QED) is 0.338. The number of aliphatic hydroxyl groups is 1. The maximum Gasteiger partial charge on any atom is 0.157 e. The highest BCUT2D eigenvalue weighted by Crippen LogP contribution is 2.27. The lowest BCUT2D eigenvalue weighted by Gasteiger charge is -1.96. The molecule has 0 radical (unpaired) electrons. The van der Waals surface area contributed by atoms with Gasteiger partial charge in [0.05, 0.1) is 22.3 Å². The van der Waals surface area contributed by atoms with Gasteiger partial charge in [-0.2, -0.15) is 0 Å². The second kappa shape index (κ2) is 4.79. The first-order valence-corrected chi connectivity index (χ1v) is 5.85. The standard InChI is InChI=1S/C9H8N2O3S2/c10-8(16-14-4-12)9-11-6-2-1-5(13)3-7(6)15-9/h1-3,10,12-13H,4H2. The van der Waals surface area contributed by atoms with Crippen LogP contribution in [0.4, 0.5) is 0 Å². The van der Waals surface area contributed by atoms with Crippen molar-refractivity contribution in [3.8, 4) is 5.75 Å². The van der Waals surface area contributed by atoms with Crippen LogP contribution in [0, 0.1) is 5.41 Å². The highest BCUT2D eigenvalue weighted by atomic mass is 32.2. The number of phenols is 1. The van der Waals surface area contributed by atoms with Crippen molar-refractivity contribution in [1.82, 2.24) is 4.98 Å². The molecule has 2 aromatic rings. The van der Waals surface area contributed by atoms with Gasteiger partial charge in [-0.05, 0) is 18.2 Å². The number of aromatic nitrogens is 1. The molecule has 0 aliphatic heterocycles. The van der Waals surface area contributed by atoms with Crippen LogP contribution in [0.15, 0.2) is 18.2 Å². The molecule has 0 saturated heterocycles. The molecule has 0 atom stereocenters. The molecule has 1 heterocycles. The Morgan fingerprint density at radius 1 is 1.56 bits per heavy atom. The van der Waals surface area contributed by atoms with E-state index in [1.54, 1.807) is 18.2 Å². The monoisotopic (exact) mass is 256 g/mol. The smallest absolute Gasteiger partial charge is 0.157 e. The van der Waals surface area contributed by atoms with E-state index in [1.165, 1.54) is 11.3 Å². The molecule has 0 saturated carbocycles. The summed E-state index contributed by atoms with van der Waals surface area (Å²) < 4.78 is 5.44. The SMILES string of the molecule is N=C(SOCO)c1nc2ccc(O)cc2s1. The van der Waals surface area contributed by atoms with E-state index in [1.807, 2.05) is 0 Å². The Labute approximate surface area is 99.4 Å². The Morgan fingerprint density at radius 3 is 3.12 bits per heavy atom. The van der Waals surface area contributed by atoms with Gasteiger partial charge in [-0.15, -0.1) is 11.3 Å². The molecule has 0 amide bonds. The first-order chi connectivity index (χ1) is 7.70. The molecule has 0 aliphatic rings. The Balaban J connectivity index is 2.28. The first kappa shape index (κ1) is 11.3. The van der Waals surface area contributed by atoms with Crippen LogP contribution in [-0.4, -0.2) is 27.0 Å². The van der Waals surface area contributed by atoms with Crippen LogP contribution in [0.3, 0.4) is 0 Å². The van der Waals surface area contributed by atoms with Crippen molar-refractivity contribution in [2.45, 2.75) is 0 Å². The molecule has 84 valence electrons. The summed E-state index contributed by atoms with van der Waals surface area (Å²) >= 11 is 2.06. The van der Waals surface area contributed by atoms with E-state index in [9.17, 15) is 5.11 Å². The number of nitrogens with one attached hydrogen (secondary N) is 1. The van der Waals surface area contributed by atoms with Gasteiger partial charge in [0.25, 0.3) is 0 Å². The van der Waals surface area contributed by atoms with E-state index in [0.717, 1.165) is 22.3 Å². The Hall–Kier alpha value is -1.15. The van der Waals surface area contributed by atoms with Gasteiger partial charge in [0.2, 0.25) is 0 Å². The van der Waals surface area contributed by atoms with Crippen LogP contribution in [0.5, 0.6) is 5.75 Å². The number of nitrogens with zero attached hydrogens (tertiary/aromatic N) is 1. The summed E-state index contributed by atoms with van der Waals surface area (Å²) in [6, 6.07) is 4.84. The molecular formula is C9H8N2O3S2. The fraction of sp³-hybridized carbons (Fsp3) is 0.111. The molecule has 16 heavy (non-hydrogen) atoms. The second-order valence-electron chi connectivity index (χ2n) is 2.83. The molecule has 0 aliphatic carbocycles. The molecule has 0 spiro atoms. The van der Waals surface area contributed by atoms with Crippen molar-refractivity contribution >= 4 is 38.6 Å². The zero-order chi connectivity index (χ0) is 11.5. The van der Waals surface area contributed by atoms with Gasteiger partial charge in [-0.1, -0.05) is 0 Å². The maximum atomic E-state index is 9.28.